The van der Waals surface area contributed by atoms with E-state index in [2.05, 4.69) is 41.6 Å². The molecule has 0 amide bonds. The molecule has 0 unspecified atom stereocenters. The standard InChI is InChI=1S/C15H19NS/c1-2-3-4-5-7-14-10-9-13(12-16-14)15-8-6-11-17-15/h6,8-12H,2-5,7H2,1H3. The Morgan fingerprint density at radius 2 is 2.06 bits per heavy atom. The molecule has 2 aromatic heterocycles. The van der Waals surface area contributed by atoms with Gasteiger partial charge in [0.15, 0.2) is 0 Å². The summed E-state index contributed by atoms with van der Waals surface area (Å²) >= 11 is 1.77. The lowest BCUT2D eigenvalue weighted by Gasteiger charge is -2.02. The summed E-state index contributed by atoms with van der Waals surface area (Å²) in [6.45, 7) is 2.24. The van der Waals surface area contributed by atoms with Crippen molar-refractivity contribution in [3.05, 3.63) is 41.5 Å². The van der Waals surface area contributed by atoms with Gasteiger partial charge in [-0.05, 0) is 30.4 Å². The summed E-state index contributed by atoms with van der Waals surface area (Å²) in [4.78, 5) is 5.84. The van der Waals surface area contributed by atoms with Crippen LogP contribution in [0.3, 0.4) is 0 Å². The van der Waals surface area contributed by atoms with Crippen molar-refractivity contribution in [1.82, 2.24) is 4.98 Å². The predicted molar refractivity (Wildman–Crippen MR) is 75.4 cm³/mol. The van der Waals surface area contributed by atoms with Crippen molar-refractivity contribution in [1.29, 1.82) is 0 Å². The zero-order valence-electron chi connectivity index (χ0n) is 10.4. The van der Waals surface area contributed by atoms with Crippen molar-refractivity contribution in [2.75, 3.05) is 0 Å². The average Bonchev–Trinajstić information content (AvgIpc) is 2.89. The normalized spacial score (nSPS) is 10.6. The number of rotatable bonds is 6. The Kier molecular flexibility index (Phi) is 4.75. The molecular weight excluding hydrogens is 226 g/mol. The molecule has 0 aromatic carbocycles. The van der Waals surface area contributed by atoms with E-state index in [1.54, 1.807) is 11.3 Å². The Bertz CT molecular complexity index is 417. The number of hydrogen-bond donors (Lipinski definition) is 0. The maximum Gasteiger partial charge on any atom is 0.0404 e. The molecule has 0 atom stereocenters. The molecule has 0 radical (unpaired) electrons. The van der Waals surface area contributed by atoms with Gasteiger partial charge in [0.05, 0.1) is 0 Å². The summed E-state index contributed by atoms with van der Waals surface area (Å²) in [7, 11) is 0. The molecule has 0 N–H and O–H groups in total. The average molecular weight is 245 g/mol. The van der Waals surface area contributed by atoms with Gasteiger partial charge in [0, 0.05) is 22.3 Å². The smallest absolute Gasteiger partial charge is 0.0404 e. The van der Waals surface area contributed by atoms with Gasteiger partial charge in [0.25, 0.3) is 0 Å². The van der Waals surface area contributed by atoms with Crippen molar-refractivity contribution >= 4 is 11.3 Å². The van der Waals surface area contributed by atoms with Crippen LogP contribution in [0.2, 0.25) is 0 Å². The van der Waals surface area contributed by atoms with Crippen LogP contribution in [-0.2, 0) is 6.42 Å². The number of aromatic nitrogens is 1. The first-order valence-corrected chi connectivity index (χ1v) is 7.27. The maximum atomic E-state index is 4.54. The number of hydrogen-bond acceptors (Lipinski definition) is 2. The topological polar surface area (TPSA) is 12.9 Å². The Hall–Kier alpha value is -1.15. The van der Waals surface area contributed by atoms with E-state index in [1.165, 1.54) is 41.8 Å². The molecule has 1 nitrogen and oxygen atoms in total. The summed E-state index contributed by atoms with van der Waals surface area (Å²) < 4.78 is 0. The minimum absolute atomic E-state index is 1.12. The van der Waals surface area contributed by atoms with Gasteiger partial charge in [-0.25, -0.2) is 0 Å². The number of nitrogens with zero attached hydrogens (tertiary/aromatic N) is 1. The highest BCUT2D eigenvalue weighted by atomic mass is 32.1. The van der Waals surface area contributed by atoms with Crippen molar-refractivity contribution < 1.29 is 0 Å². The third-order valence-corrected chi connectivity index (χ3v) is 3.84. The van der Waals surface area contributed by atoms with Gasteiger partial charge in [-0.15, -0.1) is 11.3 Å². The van der Waals surface area contributed by atoms with Crippen molar-refractivity contribution in [3.63, 3.8) is 0 Å². The Labute approximate surface area is 108 Å². The van der Waals surface area contributed by atoms with Crippen LogP contribution >= 0.6 is 11.3 Å². The highest BCUT2D eigenvalue weighted by Gasteiger charge is 2.00. The molecule has 0 spiro atoms. The van der Waals surface area contributed by atoms with Gasteiger partial charge in [-0.2, -0.15) is 0 Å². The third-order valence-electron chi connectivity index (χ3n) is 2.92. The van der Waals surface area contributed by atoms with Gasteiger partial charge >= 0.3 is 0 Å². The van der Waals surface area contributed by atoms with Crippen molar-refractivity contribution in [3.8, 4) is 10.4 Å². The molecule has 0 aliphatic rings. The lowest BCUT2D eigenvalue weighted by atomic mass is 10.1. The zero-order valence-corrected chi connectivity index (χ0v) is 11.2. The fraction of sp³-hybridized carbons (Fsp3) is 0.400. The molecular formula is C15H19NS. The van der Waals surface area contributed by atoms with Crippen LogP contribution in [-0.4, -0.2) is 4.98 Å². The van der Waals surface area contributed by atoms with E-state index in [0.29, 0.717) is 0 Å². The summed E-state index contributed by atoms with van der Waals surface area (Å²) in [6.07, 6.45) is 8.34. The molecule has 0 fully saturated rings. The van der Waals surface area contributed by atoms with Gasteiger partial charge in [-0.1, -0.05) is 38.3 Å². The molecule has 2 heteroatoms. The van der Waals surface area contributed by atoms with E-state index < -0.39 is 0 Å². The summed E-state index contributed by atoms with van der Waals surface area (Å²) in [6, 6.07) is 8.58. The first-order chi connectivity index (χ1) is 8.40. The van der Waals surface area contributed by atoms with Crippen LogP contribution in [0.25, 0.3) is 10.4 Å². The molecule has 0 saturated carbocycles. The van der Waals surface area contributed by atoms with Gasteiger partial charge in [0.2, 0.25) is 0 Å². The second-order valence-corrected chi connectivity index (χ2v) is 5.27. The first kappa shape index (κ1) is 12.3. The fourth-order valence-corrected chi connectivity index (χ4v) is 2.61. The fourth-order valence-electron chi connectivity index (χ4n) is 1.89. The SMILES string of the molecule is CCCCCCc1ccc(-c2cccs2)cn1. The molecule has 2 aromatic rings. The quantitative estimate of drug-likeness (QED) is 0.657. The summed E-state index contributed by atoms with van der Waals surface area (Å²) in [5.74, 6) is 0. The minimum atomic E-state index is 1.12. The largest absolute Gasteiger partial charge is 0.261 e. The Morgan fingerprint density at radius 1 is 1.12 bits per heavy atom. The van der Waals surface area contributed by atoms with E-state index >= 15 is 0 Å². The molecule has 0 saturated heterocycles. The highest BCUT2D eigenvalue weighted by molar-refractivity contribution is 7.13. The van der Waals surface area contributed by atoms with E-state index in [-0.39, 0.29) is 0 Å². The Balaban J connectivity index is 1.90. The second-order valence-electron chi connectivity index (χ2n) is 4.33. The van der Waals surface area contributed by atoms with Gasteiger partial charge < -0.3 is 0 Å². The maximum absolute atomic E-state index is 4.54. The van der Waals surface area contributed by atoms with Crippen LogP contribution in [0.1, 0.15) is 38.3 Å². The second kappa shape index (κ2) is 6.55. The number of thiophene rings is 1. The predicted octanol–water partition coefficient (Wildman–Crippen LogP) is 4.93. The lowest BCUT2D eigenvalue weighted by Crippen LogP contribution is -1.90. The molecule has 0 aliphatic heterocycles. The molecule has 0 aliphatic carbocycles. The zero-order chi connectivity index (χ0) is 11.9. The molecule has 17 heavy (non-hydrogen) atoms. The van der Waals surface area contributed by atoms with E-state index in [1.807, 2.05) is 6.20 Å². The Morgan fingerprint density at radius 3 is 2.71 bits per heavy atom. The lowest BCUT2D eigenvalue weighted by molar-refractivity contribution is 0.661. The van der Waals surface area contributed by atoms with Crippen molar-refractivity contribution in [2.45, 2.75) is 39.0 Å². The number of unbranched alkanes of at least 4 members (excludes halogenated alkanes) is 3. The summed E-state index contributed by atoms with van der Waals surface area (Å²) in [5.41, 5.74) is 2.46. The van der Waals surface area contributed by atoms with Crippen LogP contribution in [0.4, 0.5) is 0 Å². The number of pyridine rings is 1. The van der Waals surface area contributed by atoms with E-state index in [9.17, 15) is 0 Å². The first-order valence-electron chi connectivity index (χ1n) is 6.39. The van der Waals surface area contributed by atoms with Crippen LogP contribution < -0.4 is 0 Å². The highest BCUT2D eigenvalue weighted by Crippen LogP contribution is 2.23. The third kappa shape index (κ3) is 3.67. The number of aryl methyl sites for hydroxylation is 1. The molecule has 2 rings (SSSR count). The van der Waals surface area contributed by atoms with Crippen molar-refractivity contribution in [2.24, 2.45) is 0 Å². The minimum Gasteiger partial charge on any atom is -0.261 e. The van der Waals surface area contributed by atoms with Crippen LogP contribution in [0.5, 0.6) is 0 Å². The van der Waals surface area contributed by atoms with Gasteiger partial charge in [0.1, 0.15) is 0 Å². The molecule has 0 bridgehead atoms. The molecule has 2 heterocycles. The van der Waals surface area contributed by atoms with Crippen LogP contribution in [0.15, 0.2) is 35.8 Å². The van der Waals surface area contributed by atoms with E-state index in [4.69, 9.17) is 0 Å². The summed E-state index contributed by atoms with van der Waals surface area (Å²) in [5, 5.41) is 2.11. The molecule has 90 valence electrons. The van der Waals surface area contributed by atoms with Crippen LogP contribution in [0, 0.1) is 0 Å². The monoisotopic (exact) mass is 245 g/mol. The van der Waals surface area contributed by atoms with E-state index in [0.717, 1.165) is 6.42 Å². The van der Waals surface area contributed by atoms with Gasteiger partial charge in [-0.3, -0.25) is 4.98 Å².